The summed E-state index contributed by atoms with van der Waals surface area (Å²) >= 11 is 1.55. The monoisotopic (exact) mass is 265 g/mol. The van der Waals surface area contributed by atoms with Gasteiger partial charge >= 0.3 is 5.97 Å². The molecule has 18 heavy (non-hydrogen) atoms. The molecule has 0 aliphatic carbocycles. The maximum absolute atomic E-state index is 11.5. The molecule has 1 amide bonds. The summed E-state index contributed by atoms with van der Waals surface area (Å²) in [4.78, 5) is 23.6. The van der Waals surface area contributed by atoms with Crippen molar-refractivity contribution in [3.05, 3.63) is 23.8 Å². The zero-order valence-electron chi connectivity index (χ0n) is 10.4. The highest BCUT2D eigenvalue weighted by atomic mass is 32.2. The van der Waals surface area contributed by atoms with E-state index in [0.717, 1.165) is 16.1 Å². The maximum atomic E-state index is 11.5. The molecule has 2 rings (SSSR count). The Kier molecular flexibility index (Phi) is 3.91. The van der Waals surface area contributed by atoms with E-state index in [1.54, 1.807) is 11.8 Å². The first-order valence-corrected chi connectivity index (χ1v) is 6.65. The second-order valence-corrected chi connectivity index (χ2v) is 5.54. The number of esters is 1. The Labute approximate surface area is 110 Å². The fraction of sp³-hybridized carbons (Fsp3) is 0.385. The Bertz CT molecular complexity index is 487. The predicted octanol–water partition coefficient (Wildman–Crippen LogP) is 2.22. The molecule has 1 aliphatic heterocycles. The molecular weight excluding hydrogens is 250 g/mol. The third-order valence-electron chi connectivity index (χ3n) is 2.82. The number of anilines is 1. The number of amides is 1. The van der Waals surface area contributed by atoms with Crippen LogP contribution in [0.5, 0.6) is 0 Å². The van der Waals surface area contributed by atoms with Gasteiger partial charge in [0.25, 0.3) is 0 Å². The van der Waals surface area contributed by atoms with Gasteiger partial charge in [0.1, 0.15) is 0 Å². The number of thioether (sulfide) groups is 1. The SMILES string of the molecule is COC(=O)CCc1ccc2c(c1)SC(C)C(=O)N2. The largest absolute Gasteiger partial charge is 0.469 e. The number of nitrogens with one attached hydrogen (secondary N) is 1. The smallest absolute Gasteiger partial charge is 0.305 e. The molecule has 1 aromatic carbocycles. The van der Waals surface area contributed by atoms with Gasteiger partial charge < -0.3 is 10.1 Å². The summed E-state index contributed by atoms with van der Waals surface area (Å²) in [5.74, 6) is -0.170. The summed E-state index contributed by atoms with van der Waals surface area (Å²) in [6, 6.07) is 5.84. The van der Waals surface area contributed by atoms with Crippen molar-refractivity contribution < 1.29 is 14.3 Å². The van der Waals surface area contributed by atoms with Gasteiger partial charge in [-0.2, -0.15) is 0 Å². The van der Waals surface area contributed by atoms with E-state index < -0.39 is 0 Å². The first kappa shape index (κ1) is 13.0. The highest BCUT2D eigenvalue weighted by molar-refractivity contribution is 8.00. The van der Waals surface area contributed by atoms with Crippen molar-refractivity contribution in [1.29, 1.82) is 0 Å². The molecule has 5 heteroatoms. The minimum atomic E-state index is -0.206. The van der Waals surface area contributed by atoms with Crippen molar-refractivity contribution in [3.8, 4) is 0 Å². The van der Waals surface area contributed by atoms with Gasteiger partial charge in [-0.25, -0.2) is 0 Å². The Balaban J connectivity index is 2.10. The lowest BCUT2D eigenvalue weighted by molar-refractivity contribution is -0.140. The minimum absolute atomic E-state index is 0.0369. The van der Waals surface area contributed by atoms with E-state index in [-0.39, 0.29) is 17.1 Å². The molecule has 0 bridgehead atoms. The van der Waals surface area contributed by atoms with Gasteiger partial charge in [0, 0.05) is 11.3 Å². The average molecular weight is 265 g/mol. The Morgan fingerprint density at radius 3 is 3.00 bits per heavy atom. The number of hydrogen-bond acceptors (Lipinski definition) is 4. The van der Waals surface area contributed by atoms with Gasteiger partial charge in [0.15, 0.2) is 0 Å². The molecule has 1 atom stereocenters. The summed E-state index contributed by atoms with van der Waals surface area (Å²) in [7, 11) is 1.39. The van der Waals surface area contributed by atoms with Crippen molar-refractivity contribution in [2.24, 2.45) is 0 Å². The van der Waals surface area contributed by atoms with Crippen molar-refractivity contribution in [3.63, 3.8) is 0 Å². The van der Waals surface area contributed by atoms with Crippen LogP contribution in [0.25, 0.3) is 0 Å². The zero-order valence-corrected chi connectivity index (χ0v) is 11.2. The van der Waals surface area contributed by atoms with Crippen LogP contribution in [0.4, 0.5) is 5.69 Å². The standard InChI is InChI=1S/C13H15NO3S/c1-8-13(16)14-10-5-3-9(7-11(10)18-8)4-6-12(15)17-2/h3,5,7-8H,4,6H2,1-2H3,(H,14,16). The summed E-state index contributed by atoms with van der Waals surface area (Å²) in [6.07, 6.45) is 1.03. The molecule has 1 aromatic rings. The minimum Gasteiger partial charge on any atom is -0.469 e. The van der Waals surface area contributed by atoms with Crippen LogP contribution >= 0.6 is 11.8 Å². The summed E-state index contributed by atoms with van der Waals surface area (Å²) in [6.45, 7) is 1.88. The van der Waals surface area contributed by atoms with Crippen LogP contribution in [0.3, 0.4) is 0 Å². The Morgan fingerprint density at radius 2 is 2.28 bits per heavy atom. The van der Waals surface area contributed by atoms with Crippen LogP contribution in [0.1, 0.15) is 18.9 Å². The number of carbonyl (C=O) groups is 2. The average Bonchev–Trinajstić information content (AvgIpc) is 2.37. The van der Waals surface area contributed by atoms with Crippen LogP contribution in [0.2, 0.25) is 0 Å². The fourth-order valence-electron chi connectivity index (χ4n) is 1.75. The fourth-order valence-corrected chi connectivity index (χ4v) is 2.76. The number of rotatable bonds is 3. The number of ether oxygens (including phenoxy) is 1. The predicted molar refractivity (Wildman–Crippen MR) is 70.7 cm³/mol. The van der Waals surface area contributed by atoms with Crippen LogP contribution in [0, 0.1) is 0 Å². The number of methoxy groups -OCH3 is 1. The summed E-state index contributed by atoms with van der Waals surface area (Å²) in [5, 5.41) is 2.79. The molecule has 1 heterocycles. The number of carbonyl (C=O) groups excluding carboxylic acids is 2. The highest BCUT2D eigenvalue weighted by Crippen LogP contribution is 2.36. The molecule has 0 spiro atoms. The van der Waals surface area contributed by atoms with E-state index in [1.165, 1.54) is 7.11 Å². The molecule has 0 fully saturated rings. The van der Waals surface area contributed by atoms with Crippen LogP contribution < -0.4 is 5.32 Å². The van der Waals surface area contributed by atoms with Crippen molar-refractivity contribution in [2.45, 2.75) is 29.9 Å². The Hall–Kier alpha value is -1.49. The molecular formula is C13H15NO3S. The van der Waals surface area contributed by atoms with E-state index in [4.69, 9.17) is 0 Å². The van der Waals surface area contributed by atoms with Gasteiger partial charge in [-0.1, -0.05) is 6.07 Å². The molecule has 1 unspecified atom stereocenters. The number of fused-ring (bicyclic) bond motifs is 1. The van der Waals surface area contributed by atoms with Crippen LogP contribution in [0.15, 0.2) is 23.1 Å². The van der Waals surface area contributed by atoms with Gasteiger partial charge in [0.2, 0.25) is 5.91 Å². The van der Waals surface area contributed by atoms with E-state index in [2.05, 4.69) is 10.1 Å². The third-order valence-corrected chi connectivity index (χ3v) is 3.98. The molecule has 0 aromatic heterocycles. The van der Waals surface area contributed by atoms with E-state index in [9.17, 15) is 9.59 Å². The molecule has 1 aliphatic rings. The third kappa shape index (κ3) is 2.85. The zero-order chi connectivity index (χ0) is 13.1. The lowest BCUT2D eigenvalue weighted by atomic mass is 10.1. The number of hydrogen-bond donors (Lipinski definition) is 1. The first-order valence-electron chi connectivity index (χ1n) is 5.77. The molecule has 4 nitrogen and oxygen atoms in total. The lowest BCUT2D eigenvalue weighted by Gasteiger charge is -2.21. The molecule has 96 valence electrons. The molecule has 0 radical (unpaired) electrons. The normalized spacial score (nSPS) is 17.9. The first-order chi connectivity index (χ1) is 8.60. The number of aryl methyl sites for hydroxylation is 1. The molecule has 0 saturated carbocycles. The summed E-state index contributed by atoms with van der Waals surface area (Å²) in [5.41, 5.74) is 1.93. The van der Waals surface area contributed by atoms with Crippen molar-refractivity contribution in [2.75, 3.05) is 12.4 Å². The van der Waals surface area contributed by atoms with E-state index in [0.29, 0.717) is 12.8 Å². The van der Waals surface area contributed by atoms with Gasteiger partial charge in [-0.05, 0) is 31.0 Å². The summed E-state index contributed by atoms with van der Waals surface area (Å²) < 4.78 is 4.61. The van der Waals surface area contributed by atoms with Crippen molar-refractivity contribution >= 4 is 29.3 Å². The second kappa shape index (κ2) is 5.44. The molecule has 1 N–H and O–H groups in total. The highest BCUT2D eigenvalue weighted by Gasteiger charge is 2.22. The van der Waals surface area contributed by atoms with E-state index in [1.807, 2.05) is 25.1 Å². The quantitative estimate of drug-likeness (QED) is 0.851. The lowest BCUT2D eigenvalue weighted by Crippen LogP contribution is -2.26. The maximum Gasteiger partial charge on any atom is 0.305 e. The Morgan fingerprint density at radius 1 is 1.50 bits per heavy atom. The second-order valence-electron chi connectivity index (χ2n) is 4.16. The van der Waals surface area contributed by atoms with Crippen LogP contribution in [-0.2, 0) is 20.7 Å². The van der Waals surface area contributed by atoms with Gasteiger partial charge in [0.05, 0.1) is 18.0 Å². The number of benzene rings is 1. The van der Waals surface area contributed by atoms with Crippen LogP contribution in [-0.4, -0.2) is 24.2 Å². The molecule has 0 saturated heterocycles. The van der Waals surface area contributed by atoms with E-state index >= 15 is 0 Å². The van der Waals surface area contributed by atoms with Gasteiger partial charge in [-0.3, -0.25) is 9.59 Å². The van der Waals surface area contributed by atoms with Gasteiger partial charge in [-0.15, -0.1) is 11.8 Å². The van der Waals surface area contributed by atoms with Crippen molar-refractivity contribution in [1.82, 2.24) is 0 Å². The topological polar surface area (TPSA) is 55.4 Å².